The number of aliphatic imine (C=N–C) groups is 1. The van der Waals surface area contributed by atoms with Gasteiger partial charge in [-0.2, -0.15) is 0 Å². The van der Waals surface area contributed by atoms with Gasteiger partial charge in [0.1, 0.15) is 5.75 Å². The summed E-state index contributed by atoms with van der Waals surface area (Å²) in [5.74, 6) is 0.886. The van der Waals surface area contributed by atoms with E-state index >= 15 is 0 Å². The predicted octanol–water partition coefficient (Wildman–Crippen LogP) is 4.39. The summed E-state index contributed by atoms with van der Waals surface area (Å²) in [6.45, 7) is 4.52. The minimum absolute atomic E-state index is 0.332. The monoisotopic (exact) mass is 511 g/mol. The van der Waals surface area contributed by atoms with Gasteiger partial charge >= 0.3 is 5.97 Å². The van der Waals surface area contributed by atoms with Gasteiger partial charge in [-0.3, -0.25) is 0 Å². The number of cyclic esters (lactones) is 1. The third-order valence-corrected chi connectivity index (χ3v) is 4.40. The Labute approximate surface area is 151 Å². The van der Waals surface area contributed by atoms with Crippen molar-refractivity contribution in [1.82, 2.24) is 0 Å². The third-order valence-electron chi connectivity index (χ3n) is 2.80. The van der Waals surface area contributed by atoms with Gasteiger partial charge in [-0.25, -0.2) is 9.79 Å². The Bertz CT molecular complexity index is 600. The Morgan fingerprint density at radius 2 is 2.00 bits per heavy atom. The second kappa shape index (κ2) is 7.57. The van der Waals surface area contributed by atoms with E-state index in [4.69, 9.17) is 9.47 Å². The van der Waals surface area contributed by atoms with Crippen LogP contribution in [0, 0.1) is 7.14 Å². The van der Waals surface area contributed by atoms with Crippen LogP contribution in [0.15, 0.2) is 22.8 Å². The molecule has 1 aliphatic heterocycles. The Kier molecular flexibility index (Phi) is 6.03. The van der Waals surface area contributed by atoms with Crippen LogP contribution in [0.2, 0.25) is 0 Å². The van der Waals surface area contributed by atoms with Gasteiger partial charge in [0.15, 0.2) is 11.6 Å². The number of rotatable bonds is 5. The molecule has 0 unspecified atom stereocenters. The standard InChI is InChI=1S/C15H15I2NO3/c1-3-4-5-20-14-11(16)6-10(7-12(14)17)8-13-15(19)21-9(2)18-13/h6-8H,3-5H2,1-2H3. The predicted molar refractivity (Wildman–Crippen MR) is 99.5 cm³/mol. The first-order chi connectivity index (χ1) is 10.0. The molecule has 112 valence electrons. The molecule has 1 heterocycles. The second-order valence-corrected chi connectivity index (χ2v) is 6.89. The maximum Gasteiger partial charge on any atom is 0.363 e. The maximum atomic E-state index is 11.6. The molecule has 0 bridgehead atoms. The largest absolute Gasteiger partial charge is 0.491 e. The minimum atomic E-state index is -0.402. The first kappa shape index (κ1) is 16.7. The highest BCUT2D eigenvalue weighted by molar-refractivity contribution is 14.1. The van der Waals surface area contributed by atoms with Crippen molar-refractivity contribution in [1.29, 1.82) is 0 Å². The number of carbonyl (C=O) groups excluding carboxylic acids is 1. The Morgan fingerprint density at radius 1 is 1.33 bits per heavy atom. The summed E-state index contributed by atoms with van der Waals surface area (Å²) in [5.41, 5.74) is 1.25. The molecule has 0 fully saturated rings. The van der Waals surface area contributed by atoms with Gasteiger partial charge in [-0.05, 0) is 75.4 Å². The molecule has 1 aromatic carbocycles. The number of unbranched alkanes of at least 4 members (excludes halogenated alkanes) is 1. The van der Waals surface area contributed by atoms with Crippen molar-refractivity contribution < 1.29 is 14.3 Å². The Morgan fingerprint density at radius 3 is 2.52 bits per heavy atom. The van der Waals surface area contributed by atoms with Gasteiger partial charge in [0.2, 0.25) is 0 Å². The number of carbonyl (C=O) groups is 1. The lowest BCUT2D eigenvalue weighted by atomic mass is 10.2. The molecule has 1 aliphatic rings. The van der Waals surface area contributed by atoms with Crippen LogP contribution in [-0.4, -0.2) is 18.5 Å². The zero-order chi connectivity index (χ0) is 15.4. The Hall–Kier alpha value is -0.640. The molecule has 0 radical (unpaired) electrons. The van der Waals surface area contributed by atoms with Gasteiger partial charge in [-0.15, -0.1) is 0 Å². The molecule has 0 saturated carbocycles. The molecule has 1 aromatic rings. The number of nitrogens with zero attached hydrogens (tertiary/aromatic N) is 1. The quantitative estimate of drug-likeness (QED) is 0.255. The molecule has 0 N–H and O–H groups in total. The van der Waals surface area contributed by atoms with Crippen LogP contribution < -0.4 is 4.74 Å². The SMILES string of the molecule is CCCCOc1c(I)cc(C=C2N=C(C)OC2=O)cc1I. The van der Waals surface area contributed by atoms with Crippen LogP contribution in [-0.2, 0) is 9.53 Å². The molecular weight excluding hydrogens is 496 g/mol. The fourth-order valence-electron chi connectivity index (χ4n) is 1.79. The van der Waals surface area contributed by atoms with Crippen molar-refractivity contribution in [3.8, 4) is 5.75 Å². The lowest BCUT2D eigenvalue weighted by Crippen LogP contribution is -2.01. The van der Waals surface area contributed by atoms with Crippen LogP contribution >= 0.6 is 45.2 Å². The van der Waals surface area contributed by atoms with Gasteiger partial charge in [0, 0.05) is 6.92 Å². The van der Waals surface area contributed by atoms with Crippen molar-refractivity contribution >= 4 is 63.1 Å². The number of hydrogen-bond acceptors (Lipinski definition) is 4. The van der Waals surface area contributed by atoms with Crippen LogP contribution in [0.1, 0.15) is 32.3 Å². The maximum absolute atomic E-state index is 11.6. The summed E-state index contributed by atoms with van der Waals surface area (Å²) in [5, 5.41) is 0. The summed E-state index contributed by atoms with van der Waals surface area (Å²) in [4.78, 5) is 15.6. The summed E-state index contributed by atoms with van der Waals surface area (Å²) in [7, 11) is 0. The van der Waals surface area contributed by atoms with Crippen LogP contribution in [0.5, 0.6) is 5.75 Å². The Balaban J connectivity index is 2.24. The molecule has 0 aromatic heterocycles. The molecule has 0 saturated heterocycles. The van der Waals surface area contributed by atoms with E-state index in [0.29, 0.717) is 11.6 Å². The molecule has 0 spiro atoms. The van der Waals surface area contributed by atoms with Gasteiger partial charge in [0.25, 0.3) is 0 Å². The lowest BCUT2D eigenvalue weighted by molar-refractivity contribution is -0.130. The van der Waals surface area contributed by atoms with Gasteiger partial charge < -0.3 is 9.47 Å². The average Bonchev–Trinajstić information content (AvgIpc) is 2.71. The van der Waals surface area contributed by atoms with Crippen molar-refractivity contribution in [2.45, 2.75) is 26.7 Å². The fraction of sp³-hybridized carbons (Fsp3) is 0.333. The van der Waals surface area contributed by atoms with Crippen LogP contribution in [0.3, 0.4) is 0 Å². The number of halogens is 2. The zero-order valence-corrected chi connectivity index (χ0v) is 16.1. The van der Waals surface area contributed by atoms with E-state index in [-0.39, 0.29) is 0 Å². The highest BCUT2D eigenvalue weighted by Gasteiger charge is 2.20. The summed E-state index contributed by atoms with van der Waals surface area (Å²) >= 11 is 4.50. The van der Waals surface area contributed by atoms with Crippen molar-refractivity contribution in [3.05, 3.63) is 30.5 Å². The van der Waals surface area contributed by atoms with Crippen molar-refractivity contribution in [2.75, 3.05) is 6.61 Å². The fourth-order valence-corrected chi connectivity index (χ4v) is 3.92. The van der Waals surface area contributed by atoms with E-state index < -0.39 is 5.97 Å². The van der Waals surface area contributed by atoms with Crippen molar-refractivity contribution in [3.63, 3.8) is 0 Å². The first-order valence-electron chi connectivity index (χ1n) is 6.62. The molecule has 4 nitrogen and oxygen atoms in total. The second-order valence-electron chi connectivity index (χ2n) is 4.57. The first-order valence-corrected chi connectivity index (χ1v) is 8.78. The highest BCUT2D eigenvalue weighted by Crippen LogP contribution is 2.30. The summed E-state index contributed by atoms with van der Waals surface area (Å²) < 4.78 is 12.8. The lowest BCUT2D eigenvalue weighted by Gasteiger charge is -2.11. The van der Waals surface area contributed by atoms with E-state index in [1.54, 1.807) is 13.0 Å². The van der Waals surface area contributed by atoms with Crippen molar-refractivity contribution in [2.24, 2.45) is 4.99 Å². The normalized spacial score (nSPS) is 16.1. The summed E-state index contributed by atoms with van der Waals surface area (Å²) in [6, 6.07) is 3.96. The number of hydrogen-bond donors (Lipinski definition) is 0. The third kappa shape index (κ3) is 4.41. The topological polar surface area (TPSA) is 47.9 Å². The van der Waals surface area contributed by atoms with Crippen LogP contribution in [0.4, 0.5) is 0 Å². The molecule has 0 atom stereocenters. The van der Waals surface area contributed by atoms with E-state index in [9.17, 15) is 4.79 Å². The molecule has 2 rings (SSSR count). The molecule has 0 amide bonds. The molecule has 0 aliphatic carbocycles. The smallest absolute Gasteiger partial charge is 0.363 e. The number of ether oxygens (including phenoxy) is 2. The van der Waals surface area contributed by atoms with E-state index in [2.05, 4.69) is 57.1 Å². The zero-order valence-electron chi connectivity index (χ0n) is 11.8. The minimum Gasteiger partial charge on any atom is -0.491 e. The molecular formula is C15H15I2NO3. The van der Waals surface area contributed by atoms with Crippen LogP contribution in [0.25, 0.3) is 6.08 Å². The van der Waals surface area contributed by atoms with Gasteiger partial charge in [-0.1, -0.05) is 13.3 Å². The molecule has 21 heavy (non-hydrogen) atoms. The highest BCUT2D eigenvalue weighted by atomic mass is 127. The number of benzene rings is 1. The van der Waals surface area contributed by atoms with Gasteiger partial charge in [0.05, 0.1) is 13.7 Å². The van der Waals surface area contributed by atoms with E-state index in [0.717, 1.165) is 37.9 Å². The van der Waals surface area contributed by atoms with E-state index in [1.807, 2.05) is 12.1 Å². The average molecular weight is 511 g/mol. The van der Waals surface area contributed by atoms with E-state index in [1.165, 1.54) is 0 Å². The summed E-state index contributed by atoms with van der Waals surface area (Å²) in [6.07, 6.45) is 3.88. The molecule has 6 heteroatoms. The number of esters is 1.